The standard InChI is InChI=1S/C18H17NO2/c19-13-16-8-10-17(11-9-16)18(20)14-21-12-4-7-15-5-2-1-3-6-15/h1-3,5-6,8-11H,4,7,12,14H2. The summed E-state index contributed by atoms with van der Waals surface area (Å²) in [6, 6.07) is 18.8. The molecule has 0 amide bonds. The highest BCUT2D eigenvalue weighted by molar-refractivity contribution is 5.97. The van der Waals surface area contributed by atoms with Crippen LogP contribution in [0.25, 0.3) is 0 Å². The van der Waals surface area contributed by atoms with Crippen molar-refractivity contribution in [3.05, 3.63) is 71.3 Å². The number of benzene rings is 2. The van der Waals surface area contributed by atoms with Crippen LogP contribution in [0.3, 0.4) is 0 Å². The average Bonchev–Trinajstić information content (AvgIpc) is 2.55. The molecule has 0 aliphatic heterocycles. The normalized spacial score (nSPS) is 10.0. The van der Waals surface area contributed by atoms with Gasteiger partial charge in [0.25, 0.3) is 0 Å². The van der Waals surface area contributed by atoms with E-state index in [4.69, 9.17) is 10.00 Å². The second kappa shape index (κ2) is 7.98. The van der Waals surface area contributed by atoms with Gasteiger partial charge in [0.15, 0.2) is 5.78 Å². The molecule has 0 saturated heterocycles. The van der Waals surface area contributed by atoms with Gasteiger partial charge in [-0.25, -0.2) is 0 Å². The van der Waals surface area contributed by atoms with Crippen LogP contribution in [0.15, 0.2) is 54.6 Å². The minimum Gasteiger partial charge on any atom is -0.373 e. The SMILES string of the molecule is N#Cc1ccc(C(=O)COCCCc2ccccc2)cc1. The number of ether oxygens (including phenoxy) is 1. The highest BCUT2D eigenvalue weighted by Gasteiger charge is 2.05. The molecule has 0 bridgehead atoms. The number of nitrogens with zero attached hydrogens (tertiary/aromatic N) is 1. The summed E-state index contributed by atoms with van der Waals surface area (Å²) < 4.78 is 5.41. The van der Waals surface area contributed by atoms with E-state index in [1.165, 1.54) is 5.56 Å². The van der Waals surface area contributed by atoms with Gasteiger partial charge < -0.3 is 4.74 Å². The molecule has 0 spiro atoms. The molecule has 0 heterocycles. The second-order valence-corrected chi connectivity index (χ2v) is 4.75. The highest BCUT2D eigenvalue weighted by atomic mass is 16.5. The fourth-order valence-electron chi connectivity index (χ4n) is 2.00. The molecular weight excluding hydrogens is 262 g/mol. The number of aryl methyl sites for hydroxylation is 1. The first-order chi connectivity index (χ1) is 10.3. The number of carbonyl (C=O) groups excluding carboxylic acids is 1. The third-order valence-corrected chi connectivity index (χ3v) is 3.17. The number of nitriles is 1. The predicted octanol–water partition coefficient (Wildman–Crippen LogP) is 3.39. The topological polar surface area (TPSA) is 50.1 Å². The van der Waals surface area contributed by atoms with E-state index in [1.54, 1.807) is 24.3 Å². The van der Waals surface area contributed by atoms with Crippen LogP contribution in [0, 0.1) is 11.3 Å². The van der Waals surface area contributed by atoms with Crippen LogP contribution in [0.4, 0.5) is 0 Å². The maximum atomic E-state index is 11.9. The maximum absolute atomic E-state index is 11.9. The van der Waals surface area contributed by atoms with Crippen LogP contribution in [0.2, 0.25) is 0 Å². The zero-order chi connectivity index (χ0) is 14.9. The van der Waals surface area contributed by atoms with Crippen LogP contribution in [0.5, 0.6) is 0 Å². The molecule has 0 saturated carbocycles. The summed E-state index contributed by atoms with van der Waals surface area (Å²) in [5.74, 6) is -0.0563. The van der Waals surface area contributed by atoms with E-state index in [2.05, 4.69) is 12.1 Å². The molecule has 3 heteroatoms. The Morgan fingerprint density at radius 2 is 1.76 bits per heavy atom. The Balaban J connectivity index is 1.68. The molecule has 3 nitrogen and oxygen atoms in total. The van der Waals surface area contributed by atoms with E-state index in [9.17, 15) is 4.79 Å². The molecule has 0 aliphatic rings. The first-order valence-corrected chi connectivity index (χ1v) is 6.94. The number of hydrogen-bond donors (Lipinski definition) is 0. The minimum atomic E-state index is -0.0563. The van der Waals surface area contributed by atoms with Crippen LogP contribution >= 0.6 is 0 Å². The van der Waals surface area contributed by atoms with Crippen LogP contribution in [-0.4, -0.2) is 19.0 Å². The van der Waals surface area contributed by atoms with Crippen molar-refractivity contribution >= 4 is 5.78 Å². The summed E-state index contributed by atoms with van der Waals surface area (Å²) in [4.78, 5) is 11.9. The number of rotatable bonds is 7. The van der Waals surface area contributed by atoms with Crippen molar-refractivity contribution in [2.45, 2.75) is 12.8 Å². The Labute approximate surface area is 124 Å². The van der Waals surface area contributed by atoms with Crippen molar-refractivity contribution < 1.29 is 9.53 Å². The number of carbonyl (C=O) groups is 1. The van der Waals surface area contributed by atoms with Gasteiger partial charge in [0, 0.05) is 12.2 Å². The Kier molecular flexibility index (Phi) is 5.69. The Hall–Kier alpha value is -2.44. The largest absolute Gasteiger partial charge is 0.373 e. The quantitative estimate of drug-likeness (QED) is 0.576. The van der Waals surface area contributed by atoms with Crippen LogP contribution < -0.4 is 0 Å². The van der Waals surface area contributed by atoms with Gasteiger partial charge >= 0.3 is 0 Å². The summed E-state index contributed by atoms with van der Waals surface area (Å²) >= 11 is 0. The maximum Gasteiger partial charge on any atom is 0.188 e. The first kappa shape index (κ1) is 15.0. The second-order valence-electron chi connectivity index (χ2n) is 4.75. The number of ketones is 1. The third-order valence-electron chi connectivity index (χ3n) is 3.17. The monoisotopic (exact) mass is 279 g/mol. The summed E-state index contributed by atoms with van der Waals surface area (Å²) in [7, 11) is 0. The van der Waals surface area contributed by atoms with Gasteiger partial charge in [-0.15, -0.1) is 0 Å². The lowest BCUT2D eigenvalue weighted by molar-refractivity contribution is 0.0756. The van der Waals surface area contributed by atoms with E-state index in [1.807, 2.05) is 24.3 Å². The lowest BCUT2D eigenvalue weighted by Gasteiger charge is -2.04. The molecule has 2 aromatic carbocycles. The van der Waals surface area contributed by atoms with Crippen molar-refractivity contribution in [2.24, 2.45) is 0 Å². The zero-order valence-electron chi connectivity index (χ0n) is 11.8. The molecule has 0 atom stereocenters. The summed E-state index contributed by atoms with van der Waals surface area (Å²) in [6.07, 6.45) is 1.84. The Bertz CT molecular complexity index is 612. The van der Waals surface area contributed by atoms with E-state index in [0.29, 0.717) is 17.7 Å². The molecule has 106 valence electrons. The third kappa shape index (κ3) is 4.87. The van der Waals surface area contributed by atoms with Crippen LogP contribution in [-0.2, 0) is 11.2 Å². The molecule has 0 aromatic heterocycles. The molecule has 0 unspecified atom stereocenters. The first-order valence-electron chi connectivity index (χ1n) is 6.94. The van der Waals surface area contributed by atoms with Crippen molar-refractivity contribution in [1.82, 2.24) is 0 Å². The molecule has 0 fully saturated rings. The predicted molar refractivity (Wildman–Crippen MR) is 81.1 cm³/mol. The van der Waals surface area contributed by atoms with Gasteiger partial charge in [0.2, 0.25) is 0 Å². The molecule has 21 heavy (non-hydrogen) atoms. The highest BCUT2D eigenvalue weighted by Crippen LogP contribution is 2.05. The van der Waals surface area contributed by atoms with E-state index in [-0.39, 0.29) is 12.4 Å². The molecule has 0 radical (unpaired) electrons. The molecule has 0 aliphatic carbocycles. The van der Waals surface area contributed by atoms with Crippen molar-refractivity contribution in [3.63, 3.8) is 0 Å². The van der Waals surface area contributed by atoms with Crippen molar-refractivity contribution in [2.75, 3.05) is 13.2 Å². The lowest BCUT2D eigenvalue weighted by atomic mass is 10.1. The van der Waals surface area contributed by atoms with Crippen molar-refractivity contribution in [1.29, 1.82) is 5.26 Å². The zero-order valence-corrected chi connectivity index (χ0v) is 11.8. The molecule has 2 aromatic rings. The van der Waals surface area contributed by atoms with Gasteiger partial charge in [-0.05, 0) is 30.5 Å². The lowest BCUT2D eigenvalue weighted by Crippen LogP contribution is -2.10. The van der Waals surface area contributed by atoms with Gasteiger partial charge in [-0.3, -0.25) is 4.79 Å². The van der Waals surface area contributed by atoms with Crippen LogP contribution in [0.1, 0.15) is 27.9 Å². The van der Waals surface area contributed by atoms with Gasteiger partial charge in [0.05, 0.1) is 11.6 Å². The summed E-state index contributed by atoms with van der Waals surface area (Å²) in [5, 5.41) is 8.70. The Morgan fingerprint density at radius 3 is 2.43 bits per heavy atom. The molecule has 2 rings (SSSR count). The smallest absolute Gasteiger partial charge is 0.188 e. The number of hydrogen-bond acceptors (Lipinski definition) is 3. The van der Waals surface area contributed by atoms with Gasteiger partial charge in [-0.2, -0.15) is 5.26 Å². The summed E-state index contributed by atoms with van der Waals surface area (Å²) in [6.45, 7) is 0.650. The van der Waals surface area contributed by atoms with Gasteiger partial charge in [-0.1, -0.05) is 42.5 Å². The van der Waals surface area contributed by atoms with Gasteiger partial charge in [0.1, 0.15) is 6.61 Å². The Morgan fingerprint density at radius 1 is 1.05 bits per heavy atom. The average molecular weight is 279 g/mol. The summed E-state index contributed by atoms with van der Waals surface area (Å²) in [5.41, 5.74) is 2.41. The minimum absolute atomic E-state index is 0.0563. The fourth-order valence-corrected chi connectivity index (χ4v) is 2.00. The molecule has 0 N–H and O–H groups in total. The number of Topliss-reactive ketones (excluding diaryl/α,β-unsaturated/α-hetero) is 1. The van der Waals surface area contributed by atoms with Crippen molar-refractivity contribution in [3.8, 4) is 6.07 Å². The molecular formula is C18H17NO2. The van der Waals surface area contributed by atoms with E-state index in [0.717, 1.165) is 12.8 Å². The fraction of sp³-hybridized carbons (Fsp3) is 0.222. The van der Waals surface area contributed by atoms with E-state index >= 15 is 0 Å². The van der Waals surface area contributed by atoms with E-state index < -0.39 is 0 Å².